The number of nitrogens with zero attached hydrogens (tertiary/aromatic N) is 3. The van der Waals surface area contributed by atoms with Crippen molar-refractivity contribution in [3.05, 3.63) is 70.0 Å². The topological polar surface area (TPSA) is 96.2 Å². The number of thioether (sulfide) groups is 1. The molecule has 0 saturated carbocycles. The highest BCUT2D eigenvalue weighted by Gasteiger charge is 2.44. The van der Waals surface area contributed by atoms with Gasteiger partial charge >= 0.3 is 17.2 Å². The molecule has 0 fully saturated rings. The van der Waals surface area contributed by atoms with Crippen LogP contribution in [0.25, 0.3) is 11.3 Å². The number of nitrogens with one attached hydrogen (secondary N) is 1. The molecule has 34 heavy (non-hydrogen) atoms. The number of ether oxygens (including phenoxy) is 1. The minimum absolute atomic E-state index is 0.188. The zero-order valence-electron chi connectivity index (χ0n) is 19.4. The summed E-state index contributed by atoms with van der Waals surface area (Å²) in [6, 6.07) is 14.1. The molecule has 1 aliphatic heterocycles. The zero-order chi connectivity index (χ0) is 24.2. The number of hydrogen-bond donors (Lipinski definition) is 1. The molecule has 176 valence electrons. The van der Waals surface area contributed by atoms with E-state index >= 15 is 0 Å². The summed E-state index contributed by atoms with van der Waals surface area (Å²) >= 11 is 1.49. The van der Waals surface area contributed by atoms with Gasteiger partial charge < -0.3 is 4.74 Å². The Morgan fingerprint density at radius 2 is 1.88 bits per heavy atom. The van der Waals surface area contributed by atoms with Gasteiger partial charge in [0.2, 0.25) is 11.1 Å². The number of benzene rings is 2. The lowest BCUT2D eigenvalue weighted by molar-refractivity contribution is -0.763. The number of rotatable bonds is 7. The number of hydrogen-bond acceptors (Lipinski definition) is 6. The van der Waals surface area contributed by atoms with Crippen LogP contribution in [-0.2, 0) is 9.53 Å². The average molecular weight is 480 g/mol. The molecule has 2 aromatic carbocycles. The summed E-state index contributed by atoms with van der Waals surface area (Å²) in [5, 5.41) is 5.28. The smallest absolute Gasteiger partial charge is 0.337 e. The predicted molar refractivity (Wildman–Crippen MR) is 130 cm³/mol. The highest BCUT2D eigenvalue weighted by Crippen LogP contribution is 2.37. The molecule has 8 nitrogen and oxygen atoms in total. The number of carbonyl (C=O) groups excluding carboxylic acids is 2. The van der Waals surface area contributed by atoms with Gasteiger partial charge in [-0.05, 0) is 47.5 Å². The second-order valence-corrected chi connectivity index (χ2v) is 9.09. The first-order valence-corrected chi connectivity index (χ1v) is 12.2. The summed E-state index contributed by atoms with van der Waals surface area (Å²) in [7, 11) is 1.33. The van der Waals surface area contributed by atoms with Crippen LogP contribution in [-0.4, -0.2) is 34.8 Å². The Hall–Kier alpha value is -3.46. The lowest BCUT2D eigenvalue weighted by Gasteiger charge is -2.31. The number of aromatic amines is 1. The Bertz CT molecular complexity index is 1270. The number of H-pyrrole nitrogens is 1. The average Bonchev–Trinajstić information content (AvgIpc) is 2.85. The molecule has 0 bridgehead atoms. The van der Waals surface area contributed by atoms with Crippen LogP contribution in [0.2, 0.25) is 0 Å². The summed E-state index contributed by atoms with van der Waals surface area (Å²) in [5.41, 5.74) is 2.49. The third-order valence-corrected chi connectivity index (χ3v) is 6.66. The van der Waals surface area contributed by atoms with Gasteiger partial charge in [-0.1, -0.05) is 43.7 Å². The van der Waals surface area contributed by atoms with E-state index in [1.807, 2.05) is 24.3 Å². The van der Waals surface area contributed by atoms with E-state index in [4.69, 9.17) is 9.84 Å². The van der Waals surface area contributed by atoms with Crippen molar-refractivity contribution < 1.29 is 19.0 Å². The third-order valence-electron chi connectivity index (χ3n) is 5.71. The van der Waals surface area contributed by atoms with Crippen molar-refractivity contribution in [3.8, 4) is 11.3 Å². The summed E-state index contributed by atoms with van der Waals surface area (Å²) in [6.45, 7) is 3.63. The van der Waals surface area contributed by atoms with Gasteiger partial charge in [-0.25, -0.2) is 9.69 Å². The molecule has 1 atom stereocenters. The minimum Gasteiger partial charge on any atom is -0.465 e. The molecule has 4 rings (SSSR count). The van der Waals surface area contributed by atoms with E-state index in [1.54, 1.807) is 33.8 Å². The van der Waals surface area contributed by atoms with Gasteiger partial charge in [-0.3, -0.25) is 14.6 Å². The summed E-state index contributed by atoms with van der Waals surface area (Å²) in [5.74, 6) is 0.200. The minimum atomic E-state index is -0.689. The Morgan fingerprint density at radius 3 is 2.56 bits per heavy atom. The number of amides is 1. The second kappa shape index (κ2) is 10.2. The number of carbonyl (C=O) groups is 2. The molecule has 1 aromatic heterocycles. The Kier molecular flexibility index (Phi) is 7.12. The number of fused-ring (bicyclic) bond motifs is 3. The van der Waals surface area contributed by atoms with Crippen molar-refractivity contribution in [1.82, 2.24) is 10.1 Å². The van der Waals surface area contributed by atoms with Gasteiger partial charge in [0.05, 0.1) is 23.9 Å². The van der Waals surface area contributed by atoms with E-state index in [1.165, 1.54) is 25.8 Å². The molecule has 0 unspecified atom stereocenters. The largest absolute Gasteiger partial charge is 0.465 e. The highest BCUT2D eigenvalue weighted by molar-refractivity contribution is 7.99. The molecule has 1 amide bonds. The normalized spacial score (nSPS) is 14.3. The monoisotopic (exact) mass is 479 g/mol. The quantitative estimate of drug-likeness (QED) is 0.240. The summed E-state index contributed by atoms with van der Waals surface area (Å²) in [4.78, 5) is 42.7. The summed E-state index contributed by atoms with van der Waals surface area (Å²) in [6.07, 6.45) is 2.55. The van der Waals surface area contributed by atoms with Gasteiger partial charge in [0.1, 0.15) is 0 Å². The fourth-order valence-electron chi connectivity index (χ4n) is 4.11. The van der Waals surface area contributed by atoms with Gasteiger partial charge in [-0.2, -0.15) is 0 Å². The van der Waals surface area contributed by atoms with E-state index in [-0.39, 0.29) is 11.5 Å². The van der Waals surface area contributed by atoms with Crippen LogP contribution < -0.4 is 15.1 Å². The number of anilines is 1. The van der Waals surface area contributed by atoms with Crippen LogP contribution in [0.15, 0.2) is 58.5 Å². The first kappa shape index (κ1) is 23.7. The molecule has 2 heterocycles. The molecule has 0 radical (unpaired) electrons. The van der Waals surface area contributed by atoms with Crippen LogP contribution in [0.1, 0.15) is 55.2 Å². The van der Waals surface area contributed by atoms with Gasteiger partial charge in [0, 0.05) is 23.3 Å². The van der Waals surface area contributed by atoms with Crippen molar-refractivity contribution >= 4 is 29.3 Å². The predicted octanol–water partition coefficient (Wildman–Crippen LogP) is 3.71. The van der Waals surface area contributed by atoms with Gasteiger partial charge in [0.15, 0.2) is 0 Å². The van der Waals surface area contributed by atoms with Crippen LogP contribution in [0.3, 0.4) is 0 Å². The fourth-order valence-corrected chi connectivity index (χ4v) is 4.96. The molecule has 0 aliphatic carbocycles. The van der Waals surface area contributed by atoms with Crippen LogP contribution in [0.4, 0.5) is 5.69 Å². The molecule has 1 aliphatic rings. The standard InChI is InChI=1S/C25H26N4O4S/c1-4-5-8-15-34-25-26-22(31)21-19-9-6-7-10-20(19)28(16(2)30)23(29(21)27-25)17-11-13-18(14-12-17)24(32)33-3/h6-7,9-14,23H,4-5,8,15H2,1-3H3/p+1/t23-/m0/s1. The molecule has 0 saturated heterocycles. The molecule has 3 aromatic rings. The number of aromatic nitrogens is 3. The Labute approximate surface area is 202 Å². The van der Waals surface area contributed by atoms with Crippen LogP contribution in [0.5, 0.6) is 0 Å². The number of methoxy groups -OCH3 is 1. The second-order valence-electron chi connectivity index (χ2n) is 8.00. The molecular formula is C25H27N4O4S+. The van der Waals surface area contributed by atoms with E-state index in [9.17, 15) is 14.4 Å². The lowest BCUT2D eigenvalue weighted by Crippen LogP contribution is -2.60. The molecular weight excluding hydrogens is 452 g/mol. The molecule has 1 N–H and O–H groups in total. The van der Waals surface area contributed by atoms with Crippen molar-refractivity contribution in [1.29, 1.82) is 0 Å². The number of para-hydroxylation sites is 1. The maximum atomic E-state index is 13.3. The van der Waals surface area contributed by atoms with Crippen LogP contribution in [0, 0.1) is 0 Å². The first-order chi connectivity index (χ1) is 16.5. The highest BCUT2D eigenvalue weighted by atomic mass is 32.2. The number of esters is 1. The lowest BCUT2D eigenvalue weighted by atomic mass is 10.0. The van der Waals surface area contributed by atoms with Crippen molar-refractivity contribution in [2.75, 3.05) is 17.8 Å². The van der Waals surface area contributed by atoms with Crippen molar-refractivity contribution in [2.24, 2.45) is 0 Å². The van der Waals surface area contributed by atoms with Gasteiger partial charge in [-0.15, -0.1) is 0 Å². The van der Waals surface area contributed by atoms with Crippen molar-refractivity contribution in [3.63, 3.8) is 0 Å². The maximum Gasteiger partial charge on any atom is 0.337 e. The van der Waals surface area contributed by atoms with E-state index < -0.39 is 12.1 Å². The van der Waals surface area contributed by atoms with Crippen molar-refractivity contribution in [2.45, 2.75) is 44.4 Å². The number of unbranched alkanes of at least 4 members (excludes halogenated alkanes) is 2. The fraction of sp³-hybridized carbons (Fsp3) is 0.320. The zero-order valence-corrected chi connectivity index (χ0v) is 20.2. The maximum absolute atomic E-state index is 13.3. The van der Waals surface area contributed by atoms with E-state index in [0.29, 0.717) is 33.2 Å². The van der Waals surface area contributed by atoms with Gasteiger partial charge in [0.25, 0.3) is 6.17 Å². The Balaban J connectivity index is 1.88. The van der Waals surface area contributed by atoms with E-state index in [2.05, 4.69) is 11.9 Å². The third kappa shape index (κ3) is 4.48. The first-order valence-electron chi connectivity index (χ1n) is 11.2. The Morgan fingerprint density at radius 1 is 1.15 bits per heavy atom. The van der Waals surface area contributed by atoms with Crippen LogP contribution >= 0.6 is 11.8 Å². The molecule has 9 heteroatoms. The summed E-state index contributed by atoms with van der Waals surface area (Å²) < 4.78 is 6.42. The SMILES string of the molecule is CCCCCSc1n[n+]2c(c(=O)[nH]1)-c1ccccc1N(C(C)=O)[C@@H]2c1ccc(C(=O)OC)cc1. The van der Waals surface area contributed by atoms with E-state index in [0.717, 1.165) is 25.0 Å². The molecule has 0 spiro atoms.